The highest BCUT2D eigenvalue weighted by Crippen LogP contribution is 2.29. The van der Waals surface area contributed by atoms with Crippen molar-refractivity contribution in [1.82, 2.24) is 0 Å². The maximum Gasteiger partial charge on any atom is 0.123 e. The molecule has 0 saturated heterocycles. The molecule has 2 heteroatoms. The highest BCUT2D eigenvalue weighted by molar-refractivity contribution is 5.42. The number of hydrogen-bond acceptors (Lipinski definition) is 2. The van der Waals surface area contributed by atoms with Gasteiger partial charge in [0.15, 0.2) is 0 Å². The Morgan fingerprint density at radius 3 is 2.85 bits per heavy atom. The van der Waals surface area contributed by atoms with Crippen molar-refractivity contribution in [2.24, 2.45) is 0 Å². The van der Waals surface area contributed by atoms with E-state index in [0.717, 1.165) is 24.2 Å². The molecule has 1 fully saturated rings. The van der Waals surface area contributed by atoms with E-state index in [-0.39, 0.29) is 0 Å². The quantitative estimate of drug-likeness (QED) is 0.688. The van der Waals surface area contributed by atoms with Gasteiger partial charge in [0.2, 0.25) is 0 Å². The minimum Gasteiger partial charge on any atom is -0.490 e. The molecule has 1 aromatic carbocycles. The molecular formula is C11H11NO. The highest BCUT2D eigenvalue weighted by Gasteiger charge is 2.24. The zero-order chi connectivity index (χ0) is 9.26. The fraction of sp³-hybridized carbons (Fsp3) is 0.364. The maximum absolute atomic E-state index is 8.70. The Balaban J connectivity index is 2.25. The number of ether oxygens (including phenoxy) is 1. The van der Waals surface area contributed by atoms with Crippen LogP contribution in [0.4, 0.5) is 0 Å². The van der Waals surface area contributed by atoms with Gasteiger partial charge in [0.25, 0.3) is 0 Å². The van der Waals surface area contributed by atoms with Crippen molar-refractivity contribution >= 4 is 0 Å². The molecule has 0 amide bonds. The summed E-state index contributed by atoms with van der Waals surface area (Å²) in [6, 6.07) is 7.66. The summed E-state index contributed by atoms with van der Waals surface area (Å²) in [6.45, 7) is 2.00. The van der Waals surface area contributed by atoms with E-state index in [1.54, 1.807) is 0 Å². The lowest BCUT2D eigenvalue weighted by Gasteiger charge is -2.07. The summed E-state index contributed by atoms with van der Waals surface area (Å²) in [4.78, 5) is 0. The number of rotatable bonds is 2. The van der Waals surface area contributed by atoms with Gasteiger partial charge in [-0.2, -0.15) is 5.26 Å². The van der Waals surface area contributed by atoms with Crippen LogP contribution < -0.4 is 4.74 Å². The molecule has 0 N–H and O–H groups in total. The first kappa shape index (κ1) is 8.12. The molecule has 0 aliphatic heterocycles. The first-order valence-electron chi connectivity index (χ1n) is 4.47. The second kappa shape index (κ2) is 3.10. The van der Waals surface area contributed by atoms with E-state index in [1.807, 2.05) is 25.1 Å². The van der Waals surface area contributed by atoms with Gasteiger partial charge in [0, 0.05) is 0 Å². The first-order valence-corrected chi connectivity index (χ1v) is 4.47. The second-order valence-electron chi connectivity index (χ2n) is 3.41. The molecule has 0 radical (unpaired) electrons. The van der Waals surface area contributed by atoms with Gasteiger partial charge in [-0.3, -0.25) is 0 Å². The van der Waals surface area contributed by atoms with Crippen LogP contribution >= 0.6 is 0 Å². The number of nitriles is 1. The van der Waals surface area contributed by atoms with Gasteiger partial charge in [-0.05, 0) is 37.5 Å². The normalized spacial score (nSPS) is 15.1. The number of benzene rings is 1. The minimum atomic E-state index is 0.396. The smallest absolute Gasteiger partial charge is 0.123 e. The lowest BCUT2D eigenvalue weighted by Crippen LogP contribution is -1.97. The monoisotopic (exact) mass is 173 g/mol. The summed E-state index contributed by atoms with van der Waals surface area (Å²) < 4.78 is 5.65. The summed E-state index contributed by atoms with van der Waals surface area (Å²) in [5.41, 5.74) is 1.77. The third kappa shape index (κ3) is 1.81. The molecule has 2 rings (SSSR count). The topological polar surface area (TPSA) is 33.0 Å². The van der Waals surface area contributed by atoms with Crippen molar-refractivity contribution in [3.8, 4) is 11.8 Å². The molecular weight excluding hydrogens is 162 g/mol. The van der Waals surface area contributed by atoms with Crippen LogP contribution in [0.2, 0.25) is 0 Å². The molecule has 0 aromatic heterocycles. The van der Waals surface area contributed by atoms with Gasteiger partial charge >= 0.3 is 0 Å². The van der Waals surface area contributed by atoms with Crippen molar-refractivity contribution in [2.45, 2.75) is 25.9 Å². The van der Waals surface area contributed by atoms with Crippen LogP contribution in [0, 0.1) is 18.3 Å². The third-order valence-corrected chi connectivity index (χ3v) is 2.14. The number of hydrogen-bond donors (Lipinski definition) is 0. The van der Waals surface area contributed by atoms with E-state index in [9.17, 15) is 0 Å². The fourth-order valence-electron chi connectivity index (χ4n) is 1.16. The molecule has 1 aromatic rings. The summed E-state index contributed by atoms with van der Waals surface area (Å²) in [7, 11) is 0. The van der Waals surface area contributed by atoms with Crippen LogP contribution in [0.25, 0.3) is 0 Å². The highest BCUT2D eigenvalue weighted by atomic mass is 16.5. The largest absolute Gasteiger partial charge is 0.490 e. The molecule has 66 valence electrons. The van der Waals surface area contributed by atoms with Crippen LogP contribution in [0.5, 0.6) is 5.75 Å². The van der Waals surface area contributed by atoms with E-state index in [4.69, 9.17) is 10.00 Å². The molecule has 1 aliphatic rings. The Kier molecular flexibility index (Phi) is 1.94. The molecule has 0 heterocycles. The van der Waals surface area contributed by atoms with Crippen molar-refractivity contribution < 1.29 is 4.74 Å². The Morgan fingerprint density at radius 1 is 1.46 bits per heavy atom. The molecule has 0 spiro atoms. The Hall–Kier alpha value is -1.49. The molecule has 1 aliphatic carbocycles. The van der Waals surface area contributed by atoms with Gasteiger partial charge in [0.05, 0.1) is 17.7 Å². The molecule has 0 atom stereocenters. The van der Waals surface area contributed by atoms with E-state index < -0.39 is 0 Å². The van der Waals surface area contributed by atoms with Crippen LogP contribution in [0.3, 0.4) is 0 Å². The Labute approximate surface area is 77.8 Å². The summed E-state index contributed by atoms with van der Waals surface area (Å²) in [6.07, 6.45) is 2.69. The van der Waals surface area contributed by atoms with Gasteiger partial charge in [-0.1, -0.05) is 6.07 Å². The summed E-state index contributed by atoms with van der Waals surface area (Å²) >= 11 is 0. The predicted octanol–water partition coefficient (Wildman–Crippen LogP) is 2.41. The average molecular weight is 173 g/mol. The van der Waals surface area contributed by atoms with Gasteiger partial charge in [-0.25, -0.2) is 0 Å². The van der Waals surface area contributed by atoms with Crippen molar-refractivity contribution in [2.75, 3.05) is 0 Å². The van der Waals surface area contributed by atoms with E-state index >= 15 is 0 Å². The first-order chi connectivity index (χ1) is 6.29. The minimum absolute atomic E-state index is 0.396. The van der Waals surface area contributed by atoms with Crippen molar-refractivity contribution in [3.63, 3.8) is 0 Å². The number of nitrogens with zero attached hydrogens (tertiary/aromatic N) is 1. The Bertz CT molecular complexity index is 361. The number of aryl methyl sites for hydroxylation is 1. The van der Waals surface area contributed by atoms with Crippen molar-refractivity contribution in [1.29, 1.82) is 5.26 Å². The summed E-state index contributed by atoms with van der Waals surface area (Å²) in [5.74, 6) is 0.863. The van der Waals surface area contributed by atoms with E-state index in [1.165, 1.54) is 0 Å². The van der Waals surface area contributed by atoms with E-state index in [0.29, 0.717) is 11.7 Å². The molecule has 13 heavy (non-hydrogen) atoms. The van der Waals surface area contributed by atoms with Crippen LogP contribution in [-0.2, 0) is 0 Å². The average Bonchev–Trinajstić information content (AvgIpc) is 2.93. The second-order valence-corrected chi connectivity index (χ2v) is 3.41. The third-order valence-electron chi connectivity index (χ3n) is 2.14. The van der Waals surface area contributed by atoms with Gasteiger partial charge in [-0.15, -0.1) is 0 Å². The van der Waals surface area contributed by atoms with Gasteiger partial charge in [0.1, 0.15) is 5.75 Å². The summed E-state index contributed by atoms with van der Waals surface area (Å²) in [5, 5.41) is 8.70. The van der Waals surface area contributed by atoms with Crippen molar-refractivity contribution in [3.05, 3.63) is 29.3 Å². The molecule has 0 bridgehead atoms. The fourth-order valence-corrected chi connectivity index (χ4v) is 1.16. The zero-order valence-corrected chi connectivity index (χ0v) is 7.58. The molecule has 1 saturated carbocycles. The standard InChI is InChI=1S/C11H11NO/c1-8-2-3-9(7-12)6-11(8)13-10-4-5-10/h2-3,6,10H,4-5H2,1H3. The maximum atomic E-state index is 8.70. The SMILES string of the molecule is Cc1ccc(C#N)cc1OC1CC1. The molecule has 2 nitrogen and oxygen atoms in total. The van der Waals surface area contributed by atoms with Crippen LogP contribution in [-0.4, -0.2) is 6.10 Å². The van der Waals surface area contributed by atoms with E-state index in [2.05, 4.69) is 6.07 Å². The zero-order valence-electron chi connectivity index (χ0n) is 7.58. The van der Waals surface area contributed by atoms with Gasteiger partial charge < -0.3 is 4.74 Å². The lowest BCUT2D eigenvalue weighted by atomic mass is 10.1. The van der Waals surface area contributed by atoms with Crippen LogP contribution in [0.1, 0.15) is 24.0 Å². The van der Waals surface area contributed by atoms with Crippen LogP contribution in [0.15, 0.2) is 18.2 Å². The lowest BCUT2D eigenvalue weighted by molar-refractivity contribution is 0.301. The Morgan fingerprint density at radius 2 is 2.23 bits per heavy atom. The molecule has 0 unspecified atom stereocenters. The predicted molar refractivity (Wildman–Crippen MR) is 49.5 cm³/mol.